The van der Waals surface area contributed by atoms with Crippen molar-refractivity contribution in [2.75, 3.05) is 13.1 Å². The smallest absolute Gasteiger partial charge is 0.223 e. The maximum atomic E-state index is 12.0. The van der Waals surface area contributed by atoms with Crippen LogP contribution in [0.4, 0.5) is 0 Å². The number of nitriles is 1. The number of nitrogens with zero attached hydrogens (tertiary/aromatic N) is 2. The second-order valence-electron chi connectivity index (χ2n) is 5.22. The molecule has 2 rings (SSSR count). The van der Waals surface area contributed by atoms with Crippen LogP contribution >= 0.6 is 0 Å². The van der Waals surface area contributed by atoms with Gasteiger partial charge in [-0.2, -0.15) is 5.26 Å². The van der Waals surface area contributed by atoms with Gasteiger partial charge in [0.25, 0.3) is 0 Å². The van der Waals surface area contributed by atoms with Crippen LogP contribution in [0.2, 0.25) is 0 Å². The molecule has 1 aliphatic heterocycles. The third kappa shape index (κ3) is 3.82. The van der Waals surface area contributed by atoms with Crippen LogP contribution in [0.25, 0.3) is 0 Å². The molecule has 0 bridgehead atoms. The summed E-state index contributed by atoms with van der Waals surface area (Å²) in [6.45, 7) is 3.07. The molecule has 1 heterocycles. The van der Waals surface area contributed by atoms with Crippen molar-refractivity contribution in [3.8, 4) is 6.07 Å². The van der Waals surface area contributed by atoms with E-state index in [9.17, 15) is 14.9 Å². The molecule has 0 unspecified atom stereocenters. The first-order valence-electron chi connectivity index (χ1n) is 7.14. The van der Waals surface area contributed by atoms with Gasteiger partial charge in [0.05, 0.1) is 6.07 Å². The standard InChI is InChI=1S/C16H19N3O2/c1-12-5-2-3-6-13(12)14(11-17)18-15(20)8-10-19-9-4-7-16(19)21/h2-3,5-6,14H,4,7-10H2,1H3,(H,18,20)/t14-/m0/s1. The van der Waals surface area contributed by atoms with Crippen molar-refractivity contribution in [1.29, 1.82) is 5.26 Å². The highest BCUT2D eigenvalue weighted by atomic mass is 16.2. The van der Waals surface area contributed by atoms with Gasteiger partial charge in [-0.1, -0.05) is 24.3 Å². The molecule has 5 heteroatoms. The second kappa shape index (κ2) is 6.89. The summed E-state index contributed by atoms with van der Waals surface area (Å²) in [6.07, 6.45) is 1.67. The minimum Gasteiger partial charge on any atom is -0.342 e. The van der Waals surface area contributed by atoms with Crippen molar-refractivity contribution in [1.82, 2.24) is 10.2 Å². The van der Waals surface area contributed by atoms with Gasteiger partial charge in [-0.05, 0) is 24.5 Å². The predicted molar refractivity (Wildman–Crippen MR) is 78.1 cm³/mol. The molecule has 21 heavy (non-hydrogen) atoms. The van der Waals surface area contributed by atoms with Crippen LogP contribution < -0.4 is 5.32 Å². The van der Waals surface area contributed by atoms with E-state index in [4.69, 9.17) is 0 Å². The minimum atomic E-state index is -0.645. The highest BCUT2D eigenvalue weighted by Crippen LogP contribution is 2.17. The topological polar surface area (TPSA) is 73.2 Å². The number of rotatable bonds is 5. The number of aryl methyl sites for hydroxylation is 1. The van der Waals surface area contributed by atoms with E-state index in [0.29, 0.717) is 13.0 Å². The predicted octanol–water partition coefficient (Wildman–Crippen LogP) is 1.69. The third-order valence-electron chi connectivity index (χ3n) is 3.71. The lowest BCUT2D eigenvalue weighted by atomic mass is 10.0. The largest absolute Gasteiger partial charge is 0.342 e. The maximum absolute atomic E-state index is 12.0. The first-order chi connectivity index (χ1) is 10.1. The lowest BCUT2D eigenvalue weighted by molar-refractivity contribution is -0.128. The van der Waals surface area contributed by atoms with Crippen molar-refractivity contribution < 1.29 is 9.59 Å². The van der Waals surface area contributed by atoms with E-state index in [-0.39, 0.29) is 18.2 Å². The summed E-state index contributed by atoms with van der Waals surface area (Å²) in [4.78, 5) is 25.1. The average molecular weight is 285 g/mol. The van der Waals surface area contributed by atoms with Crippen molar-refractivity contribution >= 4 is 11.8 Å². The Hall–Kier alpha value is -2.35. The number of hydrogen-bond acceptors (Lipinski definition) is 3. The van der Waals surface area contributed by atoms with E-state index in [1.165, 1.54) is 0 Å². The highest BCUT2D eigenvalue weighted by Gasteiger charge is 2.21. The fraction of sp³-hybridized carbons (Fsp3) is 0.438. The second-order valence-corrected chi connectivity index (χ2v) is 5.22. The molecule has 1 fully saturated rings. The van der Waals surface area contributed by atoms with Crippen molar-refractivity contribution in [2.24, 2.45) is 0 Å². The van der Waals surface area contributed by atoms with Crippen LogP contribution in [0.5, 0.6) is 0 Å². The van der Waals surface area contributed by atoms with Crippen LogP contribution in [0.3, 0.4) is 0 Å². The molecule has 2 amide bonds. The Morgan fingerprint density at radius 3 is 2.86 bits per heavy atom. The molecule has 1 aromatic carbocycles. The lowest BCUT2D eigenvalue weighted by Crippen LogP contribution is -2.33. The monoisotopic (exact) mass is 285 g/mol. The van der Waals surface area contributed by atoms with Gasteiger partial charge in [0, 0.05) is 25.9 Å². The first kappa shape index (κ1) is 15.0. The van der Waals surface area contributed by atoms with Gasteiger partial charge in [0.15, 0.2) is 0 Å². The normalized spacial score (nSPS) is 15.6. The molecule has 5 nitrogen and oxygen atoms in total. The SMILES string of the molecule is Cc1ccccc1[C@H](C#N)NC(=O)CCN1CCCC1=O. The molecule has 0 aliphatic carbocycles. The number of likely N-dealkylation sites (tertiary alicyclic amines) is 1. The van der Waals surface area contributed by atoms with E-state index in [1.54, 1.807) is 4.90 Å². The number of carbonyl (C=O) groups is 2. The number of amides is 2. The summed E-state index contributed by atoms with van der Waals surface area (Å²) in [5.41, 5.74) is 1.78. The van der Waals surface area contributed by atoms with E-state index in [2.05, 4.69) is 11.4 Å². The Labute approximate surface area is 124 Å². The maximum Gasteiger partial charge on any atom is 0.223 e. The van der Waals surface area contributed by atoms with E-state index in [1.807, 2.05) is 31.2 Å². The van der Waals surface area contributed by atoms with Gasteiger partial charge in [-0.3, -0.25) is 9.59 Å². The number of carbonyl (C=O) groups excluding carboxylic acids is 2. The zero-order valence-corrected chi connectivity index (χ0v) is 12.1. The molecule has 1 aliphatic rings. The molecule has 0 aromatic heterocycles. The molecule has 0 saturated carbocycles. The Morgan fingerprint density at radius 1 is 1.48 bits per heavy atom. The first-order valence-corrected chi connectivity index (χ1v) is 7.14. The van der Waals surface area contributed by atoms with Crippen LogP contribution in [-0.2, 0) is 9.59 Å². The van der Waals surface area contributed by atoms with Gasteiger partial charge in [-0.15, -0.1) is 0 Å². The summed E-state index contributed by atoms with van der Waals surface area (Å²) in [6, 6.07) is 8.97. The molecule has 0 spiro atoms. The van der Waals surface area contributed by atoms with E-state index >= 15 is 0 Å². The van der Waals surface area contributed by atoms with Crippen molar-refractivity contribution in [3.63, 3.8) is 0 Å². The number of hydrogen-bond donors (Lipinski definition) is 1. The minimum absolute atomic E-state index is 0.110. The van der Waals surface area contributed by atoms with Gasteiger partial charge in [0.1, 0.15) is 6.04 Å². The molecule has 1 aromatic rings. The number of benzene rings is 1. The number of nitrogens with one attached hydrogen (secondary N) is 1. The Balaban J connectivity index is 1.90. The molecule has 1 atom stereocenters. The molecule has 110 valence electrons. The molecule has 0 radical (unpaired) electrons. The third-order valence-corrected chi connectivity index (χ3v) is 3.71. The summed E-state index contributed by atoms with van der Waals surface area (Å²) in [5.74, 6) is -0.0944. The quantitative estimate of drug-likeness (QED) is 0.894. The fourth-order valence-corrected chi connectivity index (χ4v) is 2.50. The Kier molecular flexibility index (Phi) is 4.94. The van der Waals surface area contributed by atoms with Crippen molar-refractivity contribution in [3.05, 3.63) is 35.4 Å². The van der Waals surface area contributed by atoms with Gasteiger partial charge >= 0.3 is 0 Å². The molecule has 1 N–H and O–H groups in total. The van der Waals surface area contributed by atoms with Gasteiger partial charge < -0.3 is 10.2 Å². The van der Waals surface area contributed by atoms with Gasteiger partial charge in [-0.25, -0.2) is 0 Å². The molecular formula is C16H19N3O2. The zero-order valence-electron chi connectivity index (χ0n) is 12.1. The summed E-state index contributed by atoms with van der Waals surface area (Å²) < 4.78 is 0. The Morgan fingerprint density at radius 2 is 2.24 bits per heavy atom. The highest BCUT2D eigenvalue weighted by molar-refractivity contribution is 5.80. The summed E-state index contributed by atoms with van der Waals surface area (Å²) >= 11 is 0. The lowest BCUT2D eigenvalue weighted by Gasteiger charge is -2.17. The fourth-order valence-electron chi connectivity index (χ4n) is 2.50. The van der Waals surface area contributed by atoms with Crippen LogP contribution in [0, 0.1) is 18.3 Å². The molecule has 1 saturated heterocycles. The van der Waals surface area contributed by atoms with Crippen LogP contribution in [0.15, 0.2) is 24.3 Å². The van der Waals surface area contributed by atoms with E-state index in [0.717, 1.165) is 24.1 Å². The van der Waals surface area contributed by atoms with Crippen molar-refractivity contribution in [2.45, 2.75) is 32.2 Å². The van der Waals surface area contributed by atoms with Crippen LogP contribution in [0.1, 0.15) is 36.4 Å². The van der Waals surface area contributed by atoms with E-state index < -0.39 is 6.04 Å². The van der Waals surface area contributed by atoms with Gasteiger partial charge in [0.2, 0.25) is 11.8 Å². The average Bonchev–Trinajstić information content (AvgIpc) is 2.89. The summed E-state index contributed by atoms with van der Waals surface area (Å²) in [7, 11) is 0. The molecular weight excluding hydrogens is 266 g/mol. The van der Waals surface area contributed by atoms with Crippen LogP contribution in [-0.4, -0.2) is 29.8 Å². The zero-order chi connectivity index (χ0) is 15.2. The summed E-state index contributed by atoms with van der Waals surface area (Å²) in [5, 5.41) is 12.0. The Bertz CT molecular complexity index is 577.